The van der Waals surface area contributed by atoms with Crippen LogP contribution < -0.4 is 10.5 Å². The molecule has 1 saturated heterocycles. The Morgan fingerprint density at radius 3 is 2.71 bits per heavy atom. The molecule has 3 aromatic rings. The second-order valence-corrected chi connectivity index (χ2v) is 8.36. The molecular formula is C18H22N3OS2+. The van der Waals surface area contributed by atoms with E-state index >= 15 is 0 Å². The van der Waals surface area contributed by atoms with E-state index in [0.29, 0.717) is 0 Å². The van der Waals surface area contributed by atoms with E-state index in [-0.39, 0.29) is 11.6 Å². The number of fused-ring (bicyclic) bond motifs is 1. The van der Waals surface area contributed by atoms with Crippen molar-refractivity contribution < 1.29 is 4.90 Å². The molecule has 0 amide bonds. The van der Waals surface area contributed by atoms with Gasteiger partial charge in [0.05, 0.1) is 18.5 Å². The van der Waals surface area contributed by atoms with Crippen LogP contribution in [0, 0.1) is 0 Å². The third kappa shape index (κ3) is 2.94. The predicted molar refractivity (Wildman–Crippen MR) is 101 cm³/mol. The number of rotatable bonds is 3. The lowest BCUT2D eigenvalue weighted by Crippen LogP contribution is -3.11. The number of aromatic amines is 1. The van der Waals surface area contributed by atoms with Gasteiger partial charge in [0.1, 0.15) is 10.9 Å². The zero-order valence-electron chi connectivity index (χ0n) is 13.8. The van der Waals surface area contributed by atoms with Crippen molar-refractivity contribution in [3.63, 3.8) is 0 Å². The normalized spacial score (nSPS) is 17.9. The van der Waals surface area contributed by atoms with Gasteiger partial charge < -0.3 is 9.88 Å². The highest BCUT2D eigenvalue weighted by atomic mass is 32.1. The number of hydrogen-bond acceptors (Lipinski definition) is 4. The van der Waals surface area contributed by atoms with Crippen molar-refractivity contribution in [3.8, 4) is 10.4 Å². The van der Waals surface area contributed by atoms with Gasteiger partial charge in [0.15, 0.2) is 5.82 Å². The molecule has 0 bridgehead atoms. The molecule has 2 N–H and O–H groups in total. The number of nitrogens with zero attached hydrogens (tertiary/aromatic N) is 1. The van der Waals surface area contributed by atoms with Crippen LogP contribution in [0.3, 0.4) is 0 Å². The van der Waals surface area contributed by atoms with E-state index in [1.807, 2.05) is 11.4 Å². The van der Waals surface area contributed by atoms with E-state index in [1.54, 1.807) is 27.6 Å². The first-order valence-corrected chi connectivity index (χ1v) is 10.4. The molecule has 1 aliphatic heterocycles. The van der Waals surface area contributed by atoms with Gasteiger partial charge in [-0.05, 0) is 44.1 Å². The molecule has 4 heterocycles. The van der Waals surface area contributed by atoms with Crippen LogP contribution >= 0.6 is 22.7 Å². The van der Waals surface area contributed by atoms with Crippen molar-refractivity contribution in [3.05, 3.63) is 39.1 Å². The van der Waals surface area contributed by atoms with Crippen LogP contribution in [0.4, 0.5) is 0 Å². The van der Waals surface area contributed by atoms with E-state index in [0.717, 1.165) is 26.5 Å². The monoisotopic (exact) mass is 360 g/mol. The fraction of sp³-hybridized carbons (Fsp3) is 0.444. The molecule has 1 atom stereocenters. The summed E-state index contributed by atoms with van der Waals surface area (Å²) >= 11 is 3.24. The van der Waals surface area contributed by atoms with Crippen LogP contribution in [0.15, 0.2) is 27.7 Å². The van der Waals surface area contributed by atoms with Gasteiger partial charge in [-0.15, -0.1) is 22.7 Å². The lowest BCUT2D eigenvalue weighted by atomic mass is 10.2. The summed E-state index contributed by atoms with van der Waals surface area (Å²) < 4.78 is 0. The second kappa shape index (κ2) is 6.78. The Kier molecular flexibility index (Phi) is 4.52. The van der Waals surface area contributed by atoms with Gasteiger partial charge in [0.25, 0.3) is 5.56 Å². The Morgan fingerprint density at radius 1 is 1.21 bits per heavy atom. The largest absolute Gasteiger partial charge is 0.326 e. The zero-order valence-corrected chi connectivity index (χ0v) is 15.4. The van der Waals surface area contributed by atoms with E-state index in [1.165, 1.54) is 38.8 Å². The number of H-pyrrole nitrogens is 1. The lowest BCUT2D eigenvalue weighted by molar-refractivity contribution is -0.929. The van der Waals surface area contributed by atoms with E-state index < -0.39 is 0 Å². The summed E-state index contributed by atoms with van der Waals surface area (Å²) in [4.78, 5) is 24.2. The zero-order chi connectivity index (χ0) is 16.5. The Balaban J connectivity index is 1.72. The third-order valence-electron chi connectivity index (χ3n) is 5.02. The van der Waals surface area contributed by atoms with Crippen molar-refractivity contribution in [1.82, 2.24) is 9.97 Å². The summed E-state index contributed by atoms with van der Waals surface area (Å²) in [5.41, 5.74) is 1.01. The van der Waals surface area contributed by atoms with Crippen LogP contribution in [0.2, 0.25) is 0 Å². The third-order valence-corrected chi connectivity index (χ3v) is 6.79. The highest BCUT2D eigenvalue weighted by Gasteiger charge is 2.24. The molecule has 0 spiro atoms. The Hall–Kier alpha value is -1.50. The fourth-order valence-corrected chi connectivity index (χ4v) is 5.36. The minimum absolute atomic E-state index is 0.000668. The van der Waals surface area contributed by atoms with E-state index in [4.69, 9.17) is 4.98 Å². The molecule has 4 rings (SSSR count). The molecule has 24 heavy (non-hydrogen) atoms. The maximum atomic E-state index is 12.7. The van der Waals surface area contributed by atoms with Gasteiger partial charge in [-0.25, -0.2) is 4.98 Å². The summed E-state index contributed by atoms with van der Waals surface area (Å²) in [7, 11) is 0. The van der Waals surface area contributed by atoms with Gasteiger partial charge >= 0.3 is 0 Å². The fourth-order valence-electron chi connectivity index (χ4n) is 3.59. The molecule has 126 valence electrons. The summed E-state index contributed by atoms with van der Waals surface area (Å²) in [6, 6.07) is 4.32. The van der Waals surface area contributed by atoms with E-state index in [2.05, 4.69) is 23.4 Å². The maximum Gasteiger partial charge on any atom is 0.260 e. The summed E-state index contributed by atoms with van der Waals surface area (Å²) in [6.07, 6.45) is 5.20. The first-order valence-electron chi connectivity index (χ1n) is 8.64. The number of thiophene rings is 2. The first kappa shape index (κ1) is 16.0. The SMILES string of the molecule is C[C@@H](c1nc2scc(-c3cccs3)c2c(=O)[nH]1)[NH+]1CCCCCC1. The lowest BCUT2D eigenvalue weighted by Gasteiger charge is -2.23. The highest BCUT2D eigenvalue weighted by Crippen LogP contribution is 2.33. The van der Waals surface area contributed by atoms with Gasteiger partial charge in [-0.3, -0.25) is 4.79 Å². The molecule has 0 saturated carbocycles. The summed E-state index contributed by atoms with van der Waals surface area (Å²) in [5, 5.41) is 4.84. The Morgan fingerprint density at radius 2 is 2.00 bits per heavy atom. The maximum absolute atomic E-state index is 12.7. The molecule has 1 aliphatic rings. The van der Waals surface area contributed by atoms with Crippen molar-refractivity contribution in [1.29, 1.82) is 0 Å². The molecule has 4 nitrogen and oxygen atoms in total. The van der Waals surface area contributed by atoms with Crippen LogP contribution in [0.1, 0.15) is 44.5 Å². The van der Waals surface area contributed by atoms with Gasteiger partial charge in [0.2, 0.25) is 0 Å². The molecule has 6 heteroatoms. The quantitative estimate of drug-likeness (QED) is 0.753. The van der Waals surface area contributed by atoms with Crippen molar-refractivity contribution in [2.45, 2.75) is 38.6 Å². The second-order valence-electron chi connectivity index (χ2n) is 6.55. The van der Waals surface area contributed by atoms with Crippen molar-refractivity contribution >= 4 is 32.9 Å². The number of likely N-dealkylation sites (tertiary alicyclic amines) is 1. The van der Waals surface area contributed by atoms with Gasteiger partial charge in [0, 0.05) is 15.8 Å². The van der Waals surface area contributed by atoms with Gasteiger partial charge in [-0.1, -0.05) is 6.07 Å². The average molecular weight is 361 g/mol. The van der Waals surface area contributed by atoms with Crippen LogP contribution in [-0.4, -0.2) is 23.1 Å². The average Bonchev–Trinajstić information content (AvgIpc) is 3.17. The molecular weight excluding hydrogens is 338 g/mol. The molecule has 0 unspecified atom stereocenters. The summed E-state index contributed by atoms with van der Waals surface area (Å²) in [6.45, 7) is 4.54. The smallest absolute Gasteiger partial charge is 0.260 e. The molecule has 1 fully saturated rings. The molecule has 3 aromatic heterocycles. The first-order chi connectivity index (χ1) is 11.7. The summed E-state index contributed by atoms with van der Waals surface area (Å²) in [5.74, 6) is 0.837. The van der Waals surface area contributed by atoms with Crippen molar-refractivity contribution in [2.24, 2.45) is 0 Å². The van der Waals surface area contributed by atoms with Crippen LogP contribution in [0.25, 0.3) is 20.7 Å². The van der Waals surface area contributed by atoms with Crippen LogP contribution in [-0.2, 0) is 0 Å². The highest BCUT2D eigenvalue weighted by molar-refractivity contribution is 7.18. The minimum atomic E-state index is 0.000668. The van der Waals surface area contributed by atoms with Gasteiger partial charge in [-0.2, -0.15) is 0 Å². The number of aromatic nitrogens is 2. The standard InChI is InChI=1S/C18H21N3OS2/c1-12(21-8-4-2-3-5-9-21)16-19-17(22)15-13(11-24-18(15)20-16)14-7-6-10-23-14/h6-7,10-12H,2-5,8-9H2,1H3,(H,19,20,22)/p+1/t12-/m0/s1. The molecule has 0 aliphatic carbocycles. The minimum Gasteiger partial charge on any atom is -0.326 e. The Labute approximate surface area is 149 Å². The topological polar surface area (TPSA) is 50.2 Å². The van der Waals surface area contributed by atoms with E-state index in [9.17, 15) is 4.79 Å². The predicted octanol–water partition coefficient (Wildman–Crippen LogP) is 3.23. The molecule has 0 aromatic carbocycles. The Bertz CT molecular complexity index is 873. The number of hydrogen-bond donors (Lipinski definition) is 2. The van der Waals surface area contributed by atoms with Crippen molar-refractivity contribution in [2.75, 3.05) is 13.1 Å². The number of nitrogens with one attached hydrogen (secondary N) is 2. The number of quaternary nitrogens is 1. The molecule has 0 radical (unpaired) electrons. The van der Waals surface area contributed by atoms with Crippen LogP contribution in [0.5, 0.6) is 0 Å².